The summed E-state index contributed by atoms with van der Waals surface area (Å²) < 4.78 is 35.8. The molecule has 7 nitrogen and oxygen atoms in total. The van der Waals surface area contributed by atoms with Crippen molar-refractivity contribution >= 4 is 45.0 Å². The number of carbonyl (C=O) groups is 1. The Morgan fingerprint density at radius 2 is 1.90 bits per heavy atom. The van der Waals surface area contributed by atoms with Gasteiger partial charge in [-0.15, -0.1) is 0 Å². The van der Waals surface area contributed by atoms with Crippen LogP contribution in [0.1, 0.15) is 5.56 Å². The maximum absolute atomic E-state index is 12.1. The molecule has 1 atom stereocenters. The maximum atomic E-state index is 12.1. The fourth-order valence-corrected chi connectivity index (χ4v) is 3.71. The first kappa shape index (κ1) is 21.5. The van der Waals surface area contributed by atoms with E-state index in [2.05, 4.69) is 4.72 Å². The summed E-state index contributed by atoms with van der Waals surface area (Å²) >= 11 is 11.9. The molecule has 3 rings (SSSR count). The fourth-order valence-electron chi connectivity index (χ4n) is 2.83. The number of nitrogens with zero attached hydrogens (tertiary/aromatic N) is 1. The standard InChI is InChI=1S/C19H20Cl2N2O5S/c1-29(25,26)22-14-3-5-15(6-4-14)27-12-16-11-23(19(24)28-16)9-8-13-2-7-17(20)18(21)10-13/h2-7,10,16,22H,8-9,11-12H2,1H3. The number of benzene rings is 2. The van der Waals surface area contributed by atoms with Gasteiger partial charge >= 0.3 is 6.09 Å². The first-order valence-corrected chi connectivity index (χ1v) is 11.4. The number of halogens is 2. The molecular formula is C19H20Cl2N2O5S. The number of nitrogens with one attached hydrogen (secondary N) is 1. The molecule has 1 saturated heterocycles. The summed E-state index contributed by atoms with van der Waals surface area (Å²) in [5.74, 6) is 0.550. The second-order valence-corrected chi connectivity index (χ2v) is 9.22. The summed E-state index contributed by atoms with van der Waals surface area (Å²) in [6, 6.07) is 11.9. The van der Waals surface area contributed by atoms with Gasteiger partial charge in [-0.1, -0.05) is 29.3 Å². The van der Waals surface area contributed by atoms with E-state index < -0.39 is 10.0 Å². The monoisotopic (exact) mass is 458 g/mol. The van der Waals surface area contributed by atoms with E-state index in [4.69, 9.17) is 32.7 Å². The lowest BCUT2D eigenvalue weighted by atomic mass is 10.1. The third-order valence-corrected chi connectivity index (χ3v) is 5.54. The molecular weight excluding hydrogens is 439 g/mol. The van der Waals surface area contributed by atoms with E-state index in [1.54, 1.807) is 41.3 Å². The molecule has 1 N–H and O–H groups in total. The van der Waals surface area contributed by atoms with Gasteiger partial charge in [0.2, 0.25) is 10.0 Å². The lowest BCUT2D eigenvalue weighted by molar-refractivity contribution is 0.103. The Balaban J connectivity index is 1.47. The molecule has 29 heavy (non-hydrogen) atoms. The number of hydrogen-bond acceptors (Lipinski definition) is 5. The second kappa shape index (κ2) is 9.11. The average Bonchev–Trinajstić information content (AvgIpc) is 3.01. The van der Waals surface area contributed by atoms with Crippen molar-refractivity contribution in [3.8, 4) is 5.75 Å². The molecule has 2 aromatic rings. The number of hydrogen-bond donors (Lipinski definition) is 1. The van der Waals surface area contributed by atoms with Gasteiger partial charge in [0.25, 0.3) is 0 Å². The molecule has 0 saturated carbocycles. The van der Waals surface area contributed by atoms with Crippen LogP contribution in [-0.2, 0) is 21.2 Å². The van der Waals surface area contributed by atoms with Gasteiger partial charge in [-0.05, 0) is 48.4 Å². The molecule has 1 aliphatic heterocycles. The van der Waals surface area contributed by atoms with Crippen LogP contribution in [0.25, 0.3) is 0 Å². The highest BCUT2D eigenvalue weighted by Crippen LogP contribution is 2.23. The van der Waals surface area contributed by atoms with E-state index in [1.165, 1.54) is 0 Å². The zero-order valence-electron chi connectivity index (χ0n) is 15.6. The molecule has 1 amide bonds. The Bertz CT molecular complexity index is 983. The molecule has 1 fully saturated rings. The van der Waals surface area contributed by atoms with Crippen LogP contribution in [-0.4, -0.2) is 51.5 Å². The smallest absolute Gasteiger partial charge is 0.410 e. The molecule has 1 aliphatic rings. The average molecular weight is 459 g/mol. The van der Waals surface area contributed by atoms with Gasteiger partial charge in [0.05, 0.1) is 22.8 Å². The Kier molecular flexibility index (Phi) is 6.77. The minimum atomic E-state index is -3.33. The van der Waals surface area contributed by atoms with E-state index in [1.807, 2.05) is 6.07 Å². The Morgan fingerprint density at radius 1 is 1.17 bits per heavy atom. The summed E-state index contributed by atoms with van der Waals surface area (Å²) in [6.45, 7) is 1.13. The number of amides is 1. The molecule has 156 valence electrons. The van der Waals surface area contributed by atoms with Crippen LogP contribution in [0, 0.1) is 0 Å². The summed E-state index contributed by atoms with van der Waals surface area (Å²) in [7, 11) is -3.33. The van der Waals surface area contributed by atoms with Crippen molar-refractivity contribution in [3.05, 3.63) is 58.1 Å². The molecule has 0 spiro atoms. The number of sulfonamides is 1. The molecule has 1 heterocycles. The van der Waals surface area contributed by atoms with Crippen LogP contribution in [0.4, 0.5) is 10.5 Å². The summed E-state index contributed by atoms with van der Waals surface area (Å²) in [5, 5.41) is 0.977. The third-order valence-electron chi connectivity index (χ3n) is 4.20. The number of carbonyl (C=O) groups excluding carboxylic acids is 1. The van der Waals surface area contributed by atoms with Crippen LogP contribution in [0.5, 0.6) is 5.75 Å². The molecule has 0 radical (unpaired) electrons. The molecule has 0 aliphatic carbocycles. The van der Waals surface area contributed by atoms with Crippen LogP contribution in [0.15, 0.2) is 42.5 Å². The lowest BCUT2D eigenvalue weighted by Crippen LogP contribution is -2.28. The van der Waals surface area contributed by atoms with Crippen LogP contribution >= 0.6 is 23.2 Å². The van der Waals surface area contributed by atoms with E-state index in [9.17, 15) is 13.2 Å². The first-order chi connectivity index (χ1) is 13.7. The van der Waals surface area contributed by atoms with Crippen molar-refractivity contribution in [1.29, 1.82) is 0 Å². The van der Waals surface area contributed by atoms with E-state index >= 15 is 0 Å². The molecule has 0 aromatic heterocycles. The zero-order valence-corrected chi connectivity index (χ0v) is 17.9. The summed E-state index contributed by atoms with van der Waals surface area (Å²) in [4.78, 5) is 13.7. The van der Waals surface area contributed by atoms with Crippen molar-refractivity contribution in [3.63, 3.8) is 0 Å². The van der Waals surface area contributed by atoms with E-state index in [-0.39, 0.29) is 18.8 Å². The number of anilines is 1. The van der Waals surface area contributed by atoms with Crippen molar-refractivity contribution in [1.82, 2.24) is 4.90 Å². The van der Waals surface area contributed by atoms with Crippen LogP contribution in [0.3, 0.4) is 0 Å². The number of rotatable bonds is 8. The Hall–Kier alpha value is -2.16. The maximum Gasteiger partial charge on any atom is 0.410 e. The van der Waals surface area contributed by atoms with Crippen molar-refractivity contribution in [2.75, 3.05) is 30.7 Å². The zero-order chi connectivity index (χ0) is 21.0. The van der Waals surface area contributed by atoms with Crippen LogP contribution in [0.2, 0.25) is 10.0 Å². The van der Waals surface area contributed by atoms with Crippen molar-refractivity contribution in [2.45, 2.75) is 12.5 Å². The van der Waals surface area contributed by atoms with Gasteiger partial charge in [0.1, 0.15) is 12.4 Å². The van der Waals surface area contributed by atoms with Gasteiger partial charge < -0.3 is 14.4 Å². The predicted molar refractivity (Wildman–Crippen MR) is 112 cm³/mol. The van der Waals surface area contributed by atoms with Crippen LogP contribution < -0.4 is 9.46 Å². The van der Waals surface area contributed by atoms with E-state index in [0.717, 1.165) is 11.8 Å². The predicted octanol–water partition coefficient (Wildman–Crippen LogP) is 3.81. The lowest BCUT2D eigenvalue weighted by Gasteiger charge is -2.13. The SMILES string of the molecule is CS(=O)(=O)Nc1ccc(OCC2CN(CCc3ccc(Cl)c(Cl)c3)C(=O)O2)cc1. The quantitative estimate of drug-likeness (QED) is 0.649. The van der Waals surface area contributed by atoms with Crippen molar-refractivity contribution < 1.29 is 22.7 Å². The number of ether oxygens (including phenoxy) is 2. The molecule has 1 unspecified atom stereocenters. The largest absolute Gasteiger partial charge is 0.490 e. The minimum Gasteiger partial charge on any atom is -0.490 e. The van der Waals surface area contributed by atoms with Gasteiger partial charge in [-0.25, -0.2) is 13.2 Å². The Labute approximate surface area is 179 Å². The van der Waals surface area contributed by atoms with Gasteiger partial charge in [0.15, 0.2) is 6.10 Å². The van der Waals surface area contributed by atoms with Gasteiger partial charge in [-0.2, -0.15) is 0 Å². The Morgan fingerprint density at radius 3 is 2.55 bits per heavy atom. The fraction of sp³-hybridized carbons (Fsp3) is 0.316. The highest BCUT2D eigenvalue weighted by molar-refractivity contribution is 7.92. The van der Waals surface area contributed by atoms with Crippen molar-refractivity contribution in [2.24, 2.45) is 0 Å². The molecule has 2 aromatic carbocycles. The topological polar surface area (TPSA) is 84.9 Å². The third kappa shape index (κ3) is 6.42. The first-order valence-electron chi connectivity index (χ1n) is 8.80. The van der Waals surface area contributed by atoms with E-state index in [0.29, 0.717) is 41.0 Å². The number of cyclic esters (lactones) is 1. The molecule has 10 heteroatoms. The second-order valence-electron chi connectivity index (χ2n) is 6.66. The minimum absolute atomic E-state index is 0.202. The van der Waals surface area contributed by atoms with Gasteiger partial charge in [-0.3, -0.25) is 4.72 Å². The highest BCUT2D eigenvalue weighted by Gasteiger charge is 2.31. The normalized spacial score (nSPS) is 16.6. The summed E-state index contributed by atoms with van der Waals surface area (Å²) in [6.07, 6.45) is 0.949. The molecule has 0 bridgehead atoms. The highest BCUT2D eigenvalue weighted by atomic mass is 35.5. The summed E-state index contributed by atoms with van der Waals surface area (Å²) in [5.41, 5.74) is 1.43. The van der Waals surface area contributed by atoms with Gasteiger partial charge in [0, 0.05) is 12.2 Å².